The highest BCUT2D eigenvalue weighted by atomic mass is 32.1. The molecular weight excluding hydrogens is 336 g/mol. The van der Waals surface area contributed by atoms with E-state index in [1.807, 2.05) is 12.1 Å². The molecule has 132 valence electrons. The summed E-state index contributed by atoms with van der Waals surface area (Å²) in [5.41, 5.74) is 2.80. The van der Waals surface area contributed by atoms with Gasteiger partial charge in [0.05, 0.1) is 18.7 Å². The van der Waals surface area contributed by atoms with Crippen LogP contribution in [0, 0.1) is 0 Å². The molecule has 0 radical (unpaired) electrons. The fourth-order valence-corrected chi connectivity index (χ4v) is 3.89. The number of nitrogens with one attached hydrogen (secondary N) is 1. The lowest BCUT2D eigenvalue weighted by molar-refractivity contribution is -0.115. The summed E-state index contributed by atoms with van der Waals surface area (Å²) in [5.74, 6) is -0.535. The van der Waals surface area contributed by atoms with Crippen LogP contribution in [0.1, 0.15) is 36.2 Å². The van der Waals surface area contributed by atoms with Crippen LogP contribution in [0.4, 0.5) is 10.7 Å². The lowest BCUT2D eigenvalue weighted by atomic mass is 9.97. The van der Waals surface area contributed by atoms with Gasteiger partial charge >= 0.3 is 5.97 Å². The second-order valence-electron chi connectivity index (χ2n) is 6.08. The van der Waals surface area contributed by atoms with Crippen LogP contribution in [-0.2, 0) is 16.0 Å². The molecule has 0 saturated carbocycles. The van der Waals surface area contributed by atoms with Crippen molar-refractivity contribution in [3.05, 3.63) is 46.8 Å². The number of carbonyl (C=O) groups excluding carboxylic acids is 2. The largest absolute Gasteiger partial charge is 0.462 e. The zero-order valence-electron chi connectivity index (χ0n) is 14.5. The molecule has 1 aliphatic heterocycles. The Bertz CT molecular complexity index is 772. The van der Waals surface area contributed by atoms with E-state index in [1.54, 1.807) is 18.4 Å². The number of hydrogen-bond donors (Lipinski definition) is 1. The molecule has 2 aromatic rings. The summed E-state index contributed by atoms with van der Waals surface area (Å²) in [4.78, 5) is 26.6. The highest BCUT2D eigenvalue weighted by Gasteiger charge is 2.25. The second kappa shape index (κ2) is 7.70. The van der Waals surface area contributed by atoms with Gasteiger partial charge in [0.25, 0.3) is 0 Å². The quantitative estimate of drug-likeness (QED) is 0.828. The first-order valence-electron chi connectivity index (χ1n) is 8.49. The second-order valence-corrected chi connectivity index (χ2v) is 6.99. The van der Waals surface area contributed by atoms with Crippen molar-refractivity contribution in [3.8, 4) is 0 Å². The van der Waals surface area contributed by atoms with Crippen molar-refractivity contribution in [3.63, 3.8) is 0 Å². The zero-order valence-corrected chi connectivity index (χ0v) is 15.3. The fraction of sp³-hybridized carbons (Fsp3) is 0.368. The molecule has 1 amide bonds. The first-order chi connectivity index (χ1) is 12.1. The summed E-state index contributed by atoms with van der Waals surface area (Å²) >= 11 is 1.33. The Morgan fingerprint density at radius 3 is 2.92 bits per heavy atom. The number of anilines is 2. The molecule has 0 bridgehead atoms. The van der Waals surface area contributed by atoms with Crippen LogP contribution < -0.4 is 10.2 Å². The Balaban J connectivity index is 1.72. The van der Waals surface area contributed by atoms with Gasteiger partial charge in [-0.25, -0.2) is 4.79 Å². The third-order valence-corrected chi connectivity index (χ3v) is 5.22. The third-order valence-electron chi connectivity index (χ3n) is 4.39. The number of hydrogen-bond acceptors (Lipinski definition) is 5. The molecule has 3 rings (SSSR count). The average Bonchev–Trinajstić information content (AvgIpc) is 3.06. The van der Waals surface area contributed by atoms with Crippen molar-refractivity contribution in [2.45, 2.75) is 32.7 Å². The fourth-order valence-electron chi connectivity index (χ4n) is 3.10. The SMILES string of the molecule is CCOC(=O)c1ccsc1NC(=O)CN1c2ccccc2CC[C@H]1C. The summed E-state index contributed by atoms with van der Waals surface area (Å²) < 4.78 is 5.03. The molecule has 1 atom stereocenters. The Morgan fingerprint density at radius 2 is 2.12 bits per heavy atom. The van der Waals surface area contributed by atoms with Gasteiger partial charge in [-0.3, -0.25) is 4.79 Å². The molecule has 1 aliphatic rings. The lowest BCUT2D eigenvalue weighted by Gasteiger charge is -2.36. The van der Waals surface area contributed by atoms with E-state index in [4.69, 9.17) is 4.74 Å². The Morgan fingerprint density at radius 1 is 1.32 bits per heavy atom. The van der Waals surface area contributed by atoms with Crippen molar-refractivity contribution < 1.29 is 14.3 Å². The van der Waals surface area contributed by atoms with Crippen LogP contribution in [0.3, 0.4) is 0 Å². The number of thiophene rings is 1. The maximum absolute atomic E-state index is 12.6. The lowest BCUT2D eigenvalue weighted by Crippen LogP contribution is -2.42. The van der Waals surface area contributed by atoms with Gasteiger partial charge in [0.1, 0.15) is 5.00 Å². The summed E-state index contributed by atoms with van der Waals surface area (Å²) in [6.07, 6.45) is 2.06. The highest BCUT2D eigenvalue weighted by molar-refractivity contribution is 7.14. The zero-order chi connectivity index (χ0) is 17.8. The predicted molar refractivity (Wildman–Crippen MR) is 100 cm³/mol. The van der Waals surface area contributed by atoms with E-state index in [9.17, 15) is 9.59 Å². The number of amides is 1. The first kappa shape index (κ1) is 17.5. The van der Waals surface area contributed by atoms with Crippen molar-refractivity contribution in [2.75, 3.05) is 23.4 Å². The molecule has 0 unspecified atom stereocenters. The smallest absolute Gasteiger partial charge is 0.341 e. The Kier molecular flexibility index (Phi) is 5.38. The van der Waals surface area contributed by atoms with E-state index >= 15 is 0 Å². The highest BCUT2D eigenvalue weighted by Crippen LogP contribution is 2.30. The molecule has 5 nitrogen and oxygen atoms in total. The van der Waals surface area contributed by atoms with E-state index in [1.165, 1.54) is 16.9 Å². The summed E-state index contributed by atoms with van der Waals surface area (Å²) in [5, 5.41) is 5.19. The number of fused-ring (bicyclic) bond motifs is 1. The van der Waals surface area contributed by atoms with Gasteiger partial charge in [0, 0.05) is 11.7 Å². The summed E-state index contributed by atoms with van der Waals surface area (Å²) in [7, 11) is 0. The van der Waals surface area contributed by atoms with Crippen molar-refractivity contribution in [1.29, 1.82) is 0 Å². The van der Waals surface area contributed by atoms with E-state index in [2.05, 4.69) is 29.3 Å². The van der Waals surface area contributed by atoms with Crippen LogP contribution in [0.2, 0.25) is 0 Å². The maximum atomic E-state index is 12.6. The number of benzene rings is 1. The number of esters is 1. The van der Waals surface area contributed by atoms with Crippen LogP contribution in [0.25, 0.3) is 0 Å². The molecule has 0 aliphatic carbocycles. The number of carbonyl (C=O) groups is 2. The maximum Gasteiger partial charge on any atom is 0.341 e. The minimum absolute atomic E-state index is 0.128. The van der Waals surface area contributed by atoms with E-state index < -0.39 is 5.97 Å². The molecule has 0 fully saturated rings. The number of nitrogens with zero attached hydrogens (tertiary/aromatic N) is 1. The van der Waals surface area contributed by atoms with Crippen molar-refractivity contribution in [1.82, 2.24) is 0 Å². The van der Waals surface area contributed by atoms with Gasteiger partial charge < -0.3 is 15.0 Å². The number of para-hydroxylation sites is 1. The minimum atomic E-state index is -0.407. The first-order valence-corrected chi connectivity index (χ1v) is 9.37. The Hall–Kier alpha value is -2.34. The molecule has 1 N–H and O–H groups in total. The number of aryl methyl sites for hydroxylation is 1. The van der Waals surface area contributed by atoms with Gasteiger partial charge in [-0.1, -0.05) is 18.2 Å². The monoisotopic (exact) mass is 358 g/mol. The predicted octanol–water partition coefficient (Wildman–Crippen LogP) is 3.70. The average molecular weight is 358 g/mol. The molecule has 0 spiro atoms. The number of rotatable bonds is 5. The topological polar surface area (TPSA) is 58.6 Å². The Labute approximate surface area is 151 Å². The van der Waals surface area contributed by atoms with Gasteiger partial charge in [0.2, 0.25) is 5.91 Å². The molecule has 2 heterocycles. The molecule has 1 aromatic heterocycles. The van der Waals surface area contributed by atoms with E-state index in [0.29, 0.717) is 23.2 Å². The standard InChI is InChI=1S/C19H22N2O3S/c1-3-24-19(23)15-10-11-25-18(15)20-17(22)12-21-13(2)8-9-14-6-4-5-7-16(14)21/h4-7,10-11,13H,3,8-9,12H2,1-2H3,(H,20,22)/t13-/m1/s1. The number of ether oxygens (including phenoxy) is 1. The van der Waals surface area contributed by atoms with Crippen LogP contribution in [-0.4, -0.2) is 31.1 Å². The van der Waals surface area contributed by atoms with Crippen LogP contribution in [0.15, 0.2) is 35.7 Å². The molecule has 25 heavy (non-hydrogen) atoms. The van der Waals surface area contributed by atoms with Gasteiger partial charge in [-0.2, -0.15) is 0 Å². The van der Waals surface area contributed by atoms with E-state index in [0.717, 1.165) is 18.5 Å². The van der Waals surface area contributed by atoms with Gasteiger partial charge in [0.15, 0.2) is 0 Å². The van der Waals surface area contributed by atoms with Crippen LogP contribution >= 0.6 is 11.3 Å². The van der Waals surface area contributed by atoms with Gasteiger partial charge in [-0.05, 0) is 49.8 Å². The molecular formula is C19H22N2O3S. The third kappa shape index (κ3) is 3.85. The summed E-state index contributed by atoms with van der Waals surface area (Å²) in [6, 6.07) is 10.2. The molecule has 1 aromatic carbocycles. The van der Waals surface area contributed by atoms with Crippen LogP contribution in [0.5, 0.6) is 0 Å². The normalized spacial score (nSPS) is 16.2. The van der Waals surface area contributed by atoms with Crippen molar-refractivity contribution in [2.24, 2.45) is 0 Å². The van der Waals surface area contributed by atoms with Gasteiger partial charge in [-0.15, -0.1) is 11.3 Å². The minimum Gasteiger partial charge on any atom is -0.462 e. The van der Waals surface area contributed by atoms with Crippen molar-refractivity contribution >= 4 is 33.9 Å². The molecule has 0 saturated heterocycles. The summed E-state index contributed by atoms with van der Waals surface area (Å²) in [6.45, 7) is 4.47. The van der Waals surface area contributed by atoms with E-state index in [-0.39, 0.29) is 12.5 Å². The molecule has 6 heteroatoms.